The minimum absolute atomic E-state index is 0. The van der Waals surface area contributed by atoms with Crippen molar-refractivity contribution in [2.45, 2.75) is 0 Å². The fourth-order valence-electron chi connectivity index (χ4n) is 1.15. The Morgan fingerprint density at radius 1 is 0.375 bits per heavy atom. The molecule has 0 unspecified atom stereocenters. The lowest BCUT2D eigenvalue weighted by molar-refractivity contribution is 0.405. The van der Waals surface area contributed by atoms with E-state index in [-0.39, 0.29) is 34.0 Å². The van der Waals surface area contributed by atoms with Crippen molar-refractivity contribution in [2.75, 3.05) is 0 Å². The highest BCUT2D eigenvalue weighted by Gasteiger charge is 1.93. The first kappa shape index (κ1) is 27.5. The Morgan fingerprint density at radius 2 is 0.417 bits per heavy atom. The van der Waals surface area contributed by atoms with Gasteiger partial charge in [0.05, 0.1) is 0 Å². The summed E-state index contributed by atoms with van der Waals surface area (Å²) in [5.74, 6) is 0. The predicted molar refractivity (Wildman–Crippen MR) is 112 cm³/mol. The summed E-state index contributed by atoms with van der Waals surface area (Å²) < 4.78 is 8.70. The normalized spacial score (nSPS) is 7.08. The quantitative estimate of drug-likeness (QED) is 0.400. The lowest BCUT2D eigenvalue weighted by Crippen LogP contribution is -1.47. The fraction of sp³-hybridized carbons (Fsp3) is 0. The molecule has 6 heteroatoms. The van der Waals surface area contributed by atoms with Crippen LogP contribution < -0.4 is 0 Å². The second kappa shape index (κ2) is 23.9. The molecule has 0 heterocycles. The van der Waals surface area contributed by atoms with Crippen molar-refractivity contribution in [3.05, 3.63) is 109 Å². The molecule has 0 spiro atoms. The van der Waals surface area contributed by atoms with E-state index in [0.717, 1.165) is 0 Å². The molecule has 0 radical (unpaired) electrons. The SMILES string of the molecule is Br.Br.O=[P+](O)O.c1ccccc1.c1ccccc1.c1ccccc1. The predicted octanol–water partition coefficient (Wildman–Crippen LogP) is 5.84. The van der Waals surface area contributed by atoms with E-state index in [4.69, 9.17) is 14.4 Å². The van der Waals surface area contributed by atoms with Crippen LogP contribution in [0.2, 0.25) is 0 Å². The van der Waals surface area contributed by atoms with Gasteiger partial charge in [0.25, 0.3) is 0 Å². The molecule has 3 rings (SSSR count). The van der Waals surface area contributed by atoms with E-state index >= 15 is 0 Å². The lowest BCUT2D eigenvalue weighted by atomic mass is 10.4. The largest absolute Gasteiger partial charge is 0.692 e. The highest BCUT2D eigenvalue weighted by molar-refractivity contribution is 8.93. The first-order valence-electron chi connectivity index (χ1n) is 6.58. The maximum absolute atomic E-state index is 8.70. The van der Waals surface area contributed by atoms with Gasteiger partial charge >= 0.3 is 8.25 Å². The summed E-state index contributed by atoms with van der Waals surface area (Å²) in [6.07, 6.45) is 0. The van der Waals surface area contributed by atoms with Gasteiger partial charge in [-0.05, 0) is 0 Å². The van der Waals surface area contributed by atoms with Crippen molar-refractivity contribution >= 4 is 42.2 Å². The number of halogens is 2. The number of hydrogen-bond donors (Lipinski definition) is 2. The van der Waals surface area contributed by atoms with Crippen LogP contribution in [0.25, 0.3) is 0 Å². The third-order valence-corrected chi connectivity index (χ3v) is 2.00. The molecule has 0 aliphatic heterocycles. The highest BCUT2D eigenvalue weighted by atomic mass is 79.9. The maximum atomic E-state index is 8.70. The van der Waals surface area contributed by atoms with Gasteiger partial charge in [-0.25, -0.2) is 0 Å². The summed E-state index contributed by atoms with van der Waals surface area (Å²) in [4.78, 5) is 14.2. The number of hydrogen-bond acceptors (Lipinski definition) is 1. The van der Waals surface area contributed by atoms with E-state index in [1.165, 1.54) is 0 Å². The molecule has 0 aliphatic rings. The third-order valence-electron chi connectivity index (χ3n) is 2.00. The maximum Gasteiger partial charge on any atom is 0.692 e. The summed E-state index contributed by atoms with van der Waals surface area (Å²) in [6.45, 7) is 0. The molecule has 24 heavy (non-hydrogen) atoms. The van der Waals surface area contributed by atoms with Crippen molar-refractivity contribution in [3.63, 3.8) is 0 Å². The molecule has 0 saturated carbocycles. The summed E-state index contributed by atoms with van der Waals surface area (Å²) in [6, 6.07) is 36.0. The molecular weight excluding hydrogens is 455 g/mol. The van der Waals surface area contributed by atoms with Gasteiger partial charge in [0.2, 0.25) is 0 Å². The van der Waals surface area contributed by atoms with Crippen LogP contribution in [0.4, 0.5) is 0 Å². The van der Waals surface area contributed by atoms with Crippen LogP contribution in [0.15, 0.2) is 109 Å². The van der Waals surface area contributed by atoms with Gasteiger partial charge in [-0.1, -0.05) is 109 Å². The molecule has 0 atom stereocenters. The molecule has 0 amide bonds. The molecule has 0 aliphatic carbocycles. The second-order valence-corrected chi connectivity index (χ2v) is 4.22. The molecule has 0 fully saturated rings. The third kappa shape index (κ3) is 28.8. The van der Waals surface area contributed by atoms with Crippen molar-refractivity contribution in [2.24, 2.45) is 0 Å². The van der Waals surface area contributed by atoms with E-state index in [1.54, 1.807) is 0 Å². The van der Waals surface area contributed by atoms with Gasteiger partial charge in [0.1, 0.15) is 0 Å². The average molecular weight is 477 g/mol. The zero-order valence-corrected chi connectivity index (χ0v) is 17.3. The van der Waals surface area contributed by atoms with E-state index in [2.05, 4.69) is 0 Å². The van der Waals surface area contributed by atoms with E-state index < -0.39 is 8.25 Å². The Hall–Kier alpha value is -1.36. The van der Waals surface area contributed by atoms with E-state index in [1.807, 2.05) is 109 Å². The summed E-state index contributed by atoms with van der Waals surface area (Å²) in [5, 5.41) is 0. The Balaban J connectivity index is -0.000000241. The van der Waals surface area contributed by atoms with E-state index in [0.29, 0.717) is 0 Å². The van der Waals surface area contributed by atoms with E-state index in [9.17, 15) is 0 Å². The Labute approximate surface area is 165 Å². The minimum Gasteiger partial charge on any atom is -0.134 e. The monoisotopic (exact) mass is 475 g/mol. The van der Waals surface area contributed by atoms with Gasteiger partial charge in [-0.3, -0.25) is 0 Å². The van der Waals surface area contributed by atoms with Crippen molar-refractivity contribution < 1.29 is 14.4 Å². The molecule has 0 bridgehead atoms. The Bertz CT molecular complexity index is 396. The number of benzene rings is 3. The van der Waals surface area contributed by atoms with Gasteiger partial charge in [-0.15, -0.1) is 43.7 Å². The Morgan fingerprint density at radius 3 is 0.458 bits per heavy atom. The smallest absolute Gasteiger partial charge is 0.134 e. The highest BCUT2D eigenvalue weighted by Crippen LogP contribution is 1.98. The molecule has 0 aromatic heterocycles. The standard InChI is InChI=1S/3C6H6.2BrH.HO3P/c3*1-2-4-6-5-3-1;;;1-4(2)3/h3*1-6H;2*1H;(H-,1,2,3)/p+1. The summed E-state index contributed by atoms with van der Waals surface area (Å²) in [5.41, 5.74) is 0. The fourth-order valence-corrected chi connectivity index (χ4v) is 1.15. The Kier molecular flexibility index (Phi) is 27.4. The molecule has 130 valence electrons. The van der Waals surface area contributed by atoms with Crippen molar-refractivity contribution in [1.29, 1.82) is 0 Å². The molecule has 3 aromatic carbocycles. The van der Waals surface area contributed by atoms with Crippen LogP contribution >= 0.6 is 42.2 Å². The van der Waals surface area contributed by atoms with Crippen LogP contribution in [0.5, 0.6) is 0 Å². The van der Waals surface area contributed by atoms with Crippen LogP contribution in [0.3, 0.4) is 0 Å². The molecule has 3 aromatic rings. The zero-order valence-electron chi connectivity index (χ0n) is 13.0. The molecule has 3 nitrogen and oxygen atoms in total. The first-order chi connectivity index (χ1) is 10.7. The second-order valence-electron chi connectivity index (χ2n) is 3.72. The number of rotatable bonds is 0. The summed E-state index contributed by atoms with van der Waals surface area (Å²) in [7, 11) is -2.87. The van der Waals surface area contributed by atoms with Gasteiger partial charge in [-0.2, -0.15) is 0 Å². The molecular formula is C18H22Br2O3P+. The van der Waals surface area contributed by atoms with Crippen LogP contribution in [0.1, 0.15) is 0 Å². The van der Waals surface area contributed by atoms with Gasteiger partial charge < -0.3 is 0 Å². The summed E-state index contributed by atoms with van der Waals surface area (Å²) >= 11 is 0. The first-order valence-corrected chi connectivity index (χ1v) is 7.75. The molecule has 2 N–H and O–H groups in total. The van der Waals surface area contributed by atoms with Crippen LogP contribution in [0, 0.1) is 0 Å². The minimum atomic E-state index is -2.87. The average Bonchev–Trinajstić information content (AvgIpc) is 2.60. The topological polar surface area (TPSA) is 57.5 Å². The van der Waals surface area contributed by atoms with Crippen molar-refractivity contribution in [1.82, 2.24) is 0 Å². The van der Waals surface area contributed by atoms with Crippen molar-refractivity contribution in [3.8, 4) is 0 Å². The van der Waals surface area contributed by atoms with Gasteiger partial charge in [0.15, 0.2) is 0 Å². The van der Waals surface area contributed by atoms with Crippen LogP contribution in [-0.4, -0.2) is 9.79 Å². The van der Waals surface area contributed by atoms with Crippen LogP contribution in [-0.2, 0) is 4.57 Å². The van der Waals surface area contributed by atoms with Gasteiger partial charge in [0, 0.05) is 4.57 Å². The molecule has 0 saturated heterocycles. The lowest BCUT2D eigenvalue weighted by Gasteiger charge is -1.69. The zero-order chi connectivity index (χ0) is 16.3.